The summed E-state index contributed by atoms with van der Waals surface area (Å²) in [6.45, 7) is 19.7. The lowest BCUT2D eigenvalue weighted by Crippen LogP contribution is -2.16. The highest BCUT2D eigenvalue weighted by molar-refractivity contribution is 8.00. The van der Waals surface area contributed by atoms with E-state index in [2.05, 4.69) is 72.7 Å². The molecule has 1 aromatic carbocycles. The second-order valence-corrected chi connectivity index (χ2v) is 9.16. The van der Waals surface area contributed by atoms with Gasteiger partial charge in [0.15, 0.2) is 0 Å². The highest BCUT2D eigenvalue weighted by Crippen LogP contribution is 2.34. The second kappa shape index (κ2) is 14.8. The van der Waals surface area contributed by atoms with E-state index in [0.29, 0.717) is 5.92 Å². The molecule has 0 aliphatic heterocycles. The lowest BCUT2D eigenvalue weighted by atomic mass is 10.0. The SMILES string of the molecule is CC.CC(C)Cc1ccc(SC(C)(C)CCO)cc1.CCC(C)C. The third kappa shape index (κ3) is 15.1. The van der Waals surface area contributed by atoms with Crippen molar-refractivity contribution in [2.45, 2.75) is 91.2 Å². The largest absolute Gasteiger partial charge is 0.396 e. The summed E-state index contributed by atoms with van der Waals surface area (Å²) in [5, 5.41) is 9.01. The molecule has 1 rings (SSSR count). The van der Waals surface area contributed by atoms with Crippen LogP contribution in [0.25, 0.3) is 0 Å². The predicted molar refractivity (Wildman–Crippen MR) is 113 cm³/mol. The smallest absolute Gasteiger partial charge is 0.0444 e. The molecular weight excluding hydrogens is 312 g/mol. The summed E-state index contributed by atoms with van der Waals surface area (Å²) in [7, 11) is 0. The maximum absolute atomic E-state index is 9.01. The predicted octanol–water partition coefficient (Wildman–Crippen LogP) is 7.22. The fourth-order valence-corrected chi connectivity index (χ4v) is 2.91. The molecule has 24 heavy (non-hydrogen) atoms. The van der Waals surface area contributed by atoms with Gasteiger partial charge in [-0.15, -0.1) is 11.8 Å². The number of thioether (sulfide) groups is 1. The van der Waals surface area contributed by atoms with Gasteiger partial charge < -0.3 is 5.11 Å². The Bertz CT molecular complexity index is 379. The van der Waals surface area contributed by atoms with E-state index in [1.54, 1.807) is 0 Å². The van der Waals surface area contributed by atoms with Gasteiger partial charge in [0, 0.05) is 16.2 Å². The maximum Gasteiger partial charge on any atom is 0.0444 e. The van der Waals surface area contributed by atoms with Gasteiger partial charge in [0.1, 0.15) is 0 Å². The van der Waals surface area contributed by atoms with Crippen molar-refractivity contribution in [3.63, 3.8) is 0 Å². The molecule has 2 heteroatoms. The summed E-state index contributed by atoms with van der Waals surface area (Å²) in [5.41, 5.74) is 1.41. The number of aliphatic hydroxyl groups is 1. The molecule has 0 spiro atoms. The standard InChI is InChI=1S/C15H24OS.C5H12.C2H6/c1-12(2)11-13-5-7-14(8-6-13)17-15(3,4)9-10-16;1-4-5(2)3;1-2/h5-8,12,16H,9-11H2,1-4H3;5H,4H2,1-3H3;1-2H3. The molecule has 0 aliphatic rings. The molecule has 142 valence electrons. The topological polar surface area (TPSA) is 20.2 Å². The van der Waals surface area contributed by atoms with Crippen LogP contribution in [0.5, 0.6) is 0 Å². The van der Waals surface area contributed by atoms with E-state index in [9.17, 15) is 0 Å². The average Bonchev–Trinajstić information content (AvgIpc) is 2.51. The van der Waals surface area contributed by atoms with Crippen molar-refractivity contribution >= 4 is 11.8 Å². The fourth-order valence-electron chi connectivity index (χ4n) is 1.80. The van der Waals surface area contributed by atoms with E-state index in [0.717, 1.165) is 18.8 Å². The summed E-state index contributed by atoms with van der Waals surface area (Å²) in [6, 6.07) is 8.83. The van der Waals surface area contributed by atoms with Crippen LogP contribution in [0.15, 0.2) is 29.2 Å². The van der Waals surface area contributed by atoms with Crippen LogP contribution in [0, 0.1) is 11.8 Å². The minimum atomic E-state index is 0.105. The Labute approximate surface area is 156 Å². The molecule has 0 saturated heterocycles. The van der Waals surface area contributed by atoms with Crippen LogP contribution >= 0.6 is 11.8 Å². The van der Waals surface area contributed by atoms with Gasteiger partial charge in [0.25, 0.3) is 0 Å². The Morgan fingerprint density at radius 2 is 1.42 bits per heavy atom. The number of rotatable bonds is 7. The molecule has 0 bridgehead atoms. The first kappa shape index (κ1) is 25.8. The zero-order valence-corrected chi connectivity index (χ0v) is 18.5. The van der Waals surface area contributed by atoms with Crippen molar-refractivity contribution in [2.24, 2.45) is 11.8 Å². The summed E-state index contributed by atoms with van der Waals surface area (Å²) in [6.07, 6.45) is 3.27. The third-order valence-electron chi connectivity index (χ3n) is 3.49. The molecule has 0 heterocycles. The number of aliphatic hydroxyl groups excluding tert-OH is 1. The summed E-state index contributed by atoms with van der Waals surface area (Å²) in [4.78, 5) is 1.29. The van der Waals surface area contributed by atoms with Crippen LogP contribution in [0.4, 0.5) is 0 Å². The monoisotopic (exact) mass is 354 g/mol. The summed E-state index contributed by atoms with van der Waals surface area (Å²) < 4.78 is 0.105. The van der Waals surface area contributed by atoms with E-state index in [1.165, 1.54) is 16.9 Å². The Kier molecular flexibility index (Phi) is 15.9. The number of benzene rings is 1. The average molecular weight is 355 g/mol. The molecule has 0 atom stereocenters. The lowest BCUT2D eigenvalue weighted by molar-refractivity contribution is 0.275. The summed E-state index contributed by atoms with van der Waals surface area (Å²) in [5.74, 6) is 1.59. The first-order valence-corrected chi connectivity index (χ1v) is 10.4. The van der Waals surface area contributed by atoms with Gasteiger partial charge in [-0.3, -0.25) is 0 Å². The van der Waals surface area contributed by atoms with E-state index in [-0.39, 0.29) is 11.4 Å². The lowest BCUT2D eigenvalue weighted by Gasteiger charge is -2.22. The van der Waals surface area contributed by atoms with Crippen LogP contribution in [0.3, 0.4) is 0 Å². The molecule has 0 aromatic heterocycles. The normalized spacial score (nSPS) is 10.8. The molecule has 1 nitrogen and oxygen atoms in total. The second-order valence-electron chi connectivity index (χ2n) is 7.38. The number of hydrogen-bond donors (Lipinski definition) is 1. The minimum Gasteiger partial charge on any atom is -0.396 e. The van der Waals surface area contributed by atoms with Crippen LogP contribution in [-0.2, 0) is 6.42 Å². The quantitative estimate of drug-likeness (QED) is 0.522. The molecule has 0 amide bonds. The summed E-state index contributed by atoms with van der Waals surface area (Å²) >= 11 is 1.84. The third-order valence-corrected chi connectivity index (χ3v) is 4.76. The van der Waals surface area contributed by atoms with Crippen molar-refractivity contribution < 1.29 is 5.11 Å². The van der Waals surface area contributed by atoms with Crippen molar-refractivity contribution in [3.8, 4) is 0 Å². The van der Waals surface area contributed by atoms with Crippen molar-refractivity contribution in [3.05, 3.63) is 29.8 Å². The zero-order valence-electron chi connectivity index (χ0n) is 17.6. The van der Waals surface area contributed by atoms with E-state index >= 15 is 0 Å². The van der Waals surface area contributed by atoms with E-state index < -0.39 is 0 Å². The molecular formula is C22H42OS. The minimum absolute atomic E-state index is 0.105. The van der Waals surface area contributed by atoms with Gasteiger partial charge in [-0.25, -0.2) is 0 Å². The number of hydrogen-bond acceptors (Lipinski definition) is 2. The molecule has 1 aromatic rings. The first-order chi connectivity index (χ1) is 11.2. The Balaban J connectivity index is 0. The zero-order chi connectivity index (χ0) is 19.2. The molecule has 0 aliphatic carbocycles. The van der Waals surface area contributed by atoms with Gasteiger partial charge >= 0.3 is 0 Å². The molecule has 0 fully saturated rings. The van der Waals surface area contributed by atoms with Crippen LogP contribution in [0.1, 0.15) is 80.7 Å². The van der Waals surface area contributed by atoms with Crippen LogP contribution in [-0.4, -0.2) is 16.5 Å². The van der Waals surface area contributed by atoms with Gasteiger partial charge in [-0.1, -0.05) is 80.9 Å². The highest BCUT2D eigenvalue weighted by atomic mass is 32.2. The Morgan fingerprint density at radius 3 is 1.75 bits per heavy atom. The van der Waals surface area contributed by atoms with Gasteiger partial charge in [-0.05, 0) is 42.4 Å². The van der Waals surface area contributed by atoms with E-state index in [4.69, 9.17) is 5.11 Å². The van der Waals surface area contributed by atoms with E-state index in [1.807, 2.05) is 25.6 Å². The molecule has 0 saturated carbocycles. The Hall–Kier alpha value is -0.470. The first-order valence-electron chi connectivity index (χ1n) is 9.59. The van der Waals surface area contributed by atoms with Crippen LogP contribution in [0.2, 0.25) is 0 Å². The van der Waals surface area contributed by atoms with Crippen molar-refractivity contribution in [1.29, 1.82) is 0 Å². The van der Waals surface area contributed by atoms with Gasteiger partial charge in [-0.2, -0.15) is 0 Å². The van der Waals surface area contributed by atoms with Gasteiger partial charge in [0.05, 0.1) is 0 Å². The molecule has 1 N–H and O–H groups in total. The van der Waals surface area contributed by atoms with Crippen LogP contribution < -0.4 is 0 Å². The molecule has 0 unspecified atom stereocenters. The highest BCUT2D eigenvalue weighted by Gasteiger charge is 2.18. The Morgan fingerprint density at radius 1 is 0.958 bits per heavy atom. The molecule has 0 radical (unpaired) electrons. The maximum atomic E-state index is 9.01. The van der Waals surface area contributed by atoms with Crippen molar-refractivity contribution in [2.75, 3.05) is 6.61 Å². The van der Waals surface area contributed by atoms with Gasteiger partial charge in [0.2, 0.25) is 0 Å². The van der Waals surface area contributed by atoms with Crippen molar-refractivity contribution in [1.82, 2.24) is 0 Å². The fraction of sp³-hybridized carbons (Fsp3) is 0.727.